The van der Waals surface area contributed by atoms with E-state index in [1.807, 2.05) is 30.3 Å². The lowest BCUT2D eigenvalue weighted by Crippen LogP contribution is -2.23. The van der Waals surface area contributed by atoms with Gasteiger partial charge in [-0.1, -0.05) is 42.1 Å². The summed E-state index contributed by atoms with van der Waals surface area (Å²) in [7, 11) is 0. The van der Waals surface area contributed by atoms with Crippen LogP contribution in [0.4, 0.5) is 4.79 Å². The minimum atomic E-state index is -0.489. The summed E-state index contributed by atoms with van der Waals surface area (Å²) in [6.07, 6.45) is 2.70. The minimum Gasteiger partial charge on any atom is -0.445 e. The number of nitrogens with one attached hydrogen (secondary N) is 1. The number of hydrogen-bond acceptors (Lipinski definition) is 4. The average molecular weight is 258 g/mol. The van der Waals surface area contributed by atoms with Crippen molar-refractivity contribution in [3.63, 3.8) is 0 Å². The molecule has 0 unspecified atom stereocenters. The molecule has 0 saturated carbocycles. The molecule has 0 saturated heterocycles. The van der Waals surface area contributed by atoms with Crippen molar-refractivity contribution < 1.29 is 9.53 Å². The highest BCUT2D eigenvalue weighted by Gasteiger charge is 2.04. The Balaban J connectivity index is 1.74. The number of aromatic nitrogens is 3. The Morgan fingerprint density at radius 3 is 2.89 bits per heavy atom. The van der Waals surface area contributed by atoms with Gasteiger partial charge in [0.05, 0.1) is 12.7 Å². The van der Waals surface area contributed by atoms with Crippen LogP contribution in [0.3, 0.4) is 0 Å². The number of amides is 1. The molecule has 6 nitrogen and oxygen atoms in total. The molecule has 0 atom stereocenters. The summed E-state index contributed by atoms with van der Waals surface area (Å²) in [6, 6.07) is 9.48. The van der Waals surface area contributed by atoms with Crippen LogP contribution in [0.5, 0.6) is 0 Å². The maximum Gasteiger partial charge on any atom is 0.407 e. The van der Waals surface area contributed by atoms with E-state index < -0.39 is 6.09 Å². The van der Waals surface area contributed by atoms with Crippen LogP contribution in [0, 0.1) is 0 Å². The molecule has 1 amide bonds. The van der Waals surface area contributed by atoms with E-state index >= 15 is 0 Å². The molecule has 0 radical (unpaired) electrons. The van der Waals surface area contributed by atoms with Crippen LogP contribution >= 0.6 is 0 Å². The molecule has 0 bridgehead atoms. The first kappa shape index (κ1) is 12.8. The van der Waals surface area contributed by atoms with Crippen molar-refractivity contribution in [1.29, 1.82) is 0 Å². The molecule has 0 aliphatic rings. The molecular formula is C13H14N4O2. The Morgan fingerprint density at radius 2 is 2.21 bits per heavy atom. The lowest BCUT2D eigenvalue weighted by Gasteiger charge is -2.05. The molecule has 6 heteroatoms. The van der Waals surface area contributed by atoms with Crippen molar-refractivity contribution in [2.45, 2.75) is 13.2 Å². The molecule has 1 N–H and O–H groups in total. The van der Waals surface area contributed by atoms with E-state index in [9.17, 15) is 4.79 Å². The van der Waals surface area contributed by atoms with Gasteiger partial charge in [0.25, 0.3) is 0 Å². The van der Waals surface area contributed by atoms with Crippen LogP contribution in [0.25, 0.3) is 6.20 Å². The maximum absolute atomic E-state index is 11.5. The number of nitrogens with zero attached hydrogens (tertiary/aromatic N) is 3. The van der Waals surface area contributed by atoms with E-state index in [1.54, 1.807) is 6.20 Å². The van der Waals surface area contributed by atoms with Gasteiger partial charge in [-0.15, -0.1) is 5.10 Å². The standard InChI is InChI=1S/C13H14N4O2/c1-2-17-9-12(15-16-17)8-14-13(18)19-10-11-6-4-3-5-7-11/h2-7,9H,1,8,10H2,(H,14,18). The van der Waals surface area contributed by atoms with Gasteiger partial charge in [0.1, 0.15) is 12.3 Å². The molecule has 0 aliphatic heterocycles. The largest absolute Gasteiger partial charge is 0.445 e. The van der Waals surface area contributed by atoms with Crippen LogP contribution < -0.4 is 5.32 Å². The second-order valence-electron chi connectivity index (χ2n) is 3.79. The van der Waals surface area contributed by atoms with Gasteiger partial charge in [-0.3, -0.25) is 0 Å². The van der Waals surface area contributed by atoms with Gasteiger partial charge in [0.15, 0.2) is 0 Å². The second-order valence-corrected chi connectivity index (χ2v) is 3.79. The van der Waals surface area contributed by atoms with E-state index in [0.717, 1.165) is 5.56 Å². The highest BCUT2D eigenvalue weighted by Crippen LogP contribution is 2.00. The van der Waals surface area contributed by atoms with Gasteiger partial charge in [0, 0.05) is 6.20 Å². The summed E-state index contributed by atoms with van der Waals surface area (Å²) < 4.78 is 6.52. The molecule has 1 heterocycles. The van der Waals surface area contributed by atoms with E-state index in [1.165, 1.54) is 10.9 Å². The first-order valence-electron chi connectivity index (χ1n) is 5.76. The number of carbonyl (C=O) groups excluding carboxylic acids is 1. The molecule has 0 spiro atoms. The lowest BCUT2D eigenvalue weighted by atomic mass is 10.2. The summed E-state index contributed by atoms with van der Waals surface area (Å²) in [6.45, 7) is 4.06. The zero-order valence-electron chi connectivity index (χ0n) is 10.3. The molecular weight excluding hydrogens is 244 g/mol. The molecule has 2 rings (SSSR count). The highest BCUT2D eigenvalue weighted by atomic mass is 16.5. The quantitative estimate of drug-likeness (QED) is 0.888. The number of benzene rings is 1. The fourth-order valence-corrected chi connectivity index (χ4v) is 1.42. The predicted molar refractivity (Wildman–Crippen MR) is 69.9 cm³/mol. The monoisotopic (exact) mass is 258 g/mol. The Hall–Kier alpha value is -2.63. The number of rotatable bonds is 5. The predicted octanol–water partition coefficient (Wildman–Crippen LogP) is 1.80. The van der Waals surface area contributed by atoms with Crippen molar-refractivity contribution in [2.24, 2.45) is 0 Å². The average Bonchev–Trinajstić information content (AvgIpc) is 2.92. The first-order chi connectivity index (χ1) is 9.28. The first-order valence-corrected chi connectivity index (χ1v) is 5.76. The summed E-state index contributed by atoms with van der Waals surface area (Å²) in [5, 5.41) is 10.2. The zero-order chi connectivity index (χ0) is 13.5. The Bertz CT molecular complexity index is 551. The van der Waals surface area contributed by atoms with Crippen LogP contribution in [-0.2, 0) is 17.9 Å². The molecule has 2 aromatic rings. The van der Waals surface area contributed by atoms with E-state index in [4.69, 9.17) is 4.74 Å². The Morgan fingerprint density at radius 1 is 1.42 bits per heavy atom. The molecule has 1 aromatic carbocycles. The molecule has 19 heavy (non-hydrogen) atoms. The summed E-state index contributed by atoms with van der Waals surface area (Å²) >= 11 is 0. The third kappa shape index (κ3) is 3.95. The van der Waals surface area contributed by atoms with Gasteiger partial charge in [-0.25, -0.2) is 9.48 Å². The van der Waals surface area contributed by atoms with Crippen LogP contribution in [0.2, 0.25) is 0 Å². The molecule has 98 valence electrons. The van der Waals surface area contributed by atoms with Crippen molar-refractivity contribution in [3.05, 3.63) is 54.4 Å². The van der Waals surface area contributed by atoms with E-state index in [2.05, 4.69) is 22.2 Å². The van der Waals surface area contributed by atoms with Gasteiger partial charge < -0.3 is 10.1 Å². The normalized spacial score (nSPS) is 9.89. The number of alkyl carbamates (subject to hydrolysis) is 1. The minimum absolute atomic E-state index is 0.242. The van der Waals surface area contributed by atoms with Crippen molar-refractivity contribution in [2.75, 3.05) is 0 Å². The smallest absolute Gasteiger partial charge is 0.407 e. The molecule has 0 fully saturated rings. The molecule has 1 aromatic heterocycles. The number of hydrogen-bond donors (Lipinski definition) is 1. The summed E-state index contributed by atoms with van der Waals surface area (Å²) in [5.41, 5.74) is 1.58. The zero-order valence-corrected chi connectivity index (χ0v) is 10.3. The van der Waals surface area contributed by atoms with Crippen LogP contribution in [0.15, 0.2) is 43.1 Å². The van der Waals surface area contributed by atoms with E-state index in [0.29, 0.717) is 5.69 Å². The Kier molecular flexibility index (Phi) is 4.28. The number of ether oxygens (including phenoxy) is 1. The van der Waals surface area contributed by atoms with Crippen molar-refractivity contribution >= 4 is 12.3 Å². The van der Waals surface area contributed by atoms with Gasteiger partial charge >= 0.3 is 6.09 Å². The topological polar surface area (TPSA) is 69.0 Å². The second kappa shape index (κ2) is 6.34. The third-order valence-electron chi connectivity index (χ3n) is 2.37. The number of carbonyl (C=O) groups is 1. The third-order valence-corrected chi connectivity index (χ3v) is 2.37. The highest BCUT2D eigenvalue weighted by molar-refractivity contribution is 5.67. The lowest BCUT2D eigenvalue weighted by molar-refractivity contribution is 0.139. The van der Waals surface area contributed by atoms with Crippen LogP contribution in [-0.4, -0.2) is 21.1 Å². The van der Waals surface area contributed by atoms with Crippen molar-refractivity contribution in [1.82, 2.24) is 20.3 Å². The fourth-order valence-electron chi connectivity index (χ4n) is 1.42. The fraction of sp³-hybridized carbons (Fsp3) is 0.154. The molecule has 0 aliphatic carbocycles. The summed E-state index contributed by atoms with van der Waals surface area (Å²) in [5.74, 6) is 0. The summed E-state index contributed by atoms with van der Waals surface area (Å²) in [4.78, 5) is 11.5. The van der Waals surface area contributed by atoms with Gasteiger partial charge in [-0.2, -0.15) is 0 Å². The SMILES string of the molecule is C=Cn1cc(CNC(=O)OCc2ccccc2)nn1. The van der Waals surface area contributed by atoms with Crippen LogP contribution in [0.1, 0.15) is 11.3 Å². The maximum atomic E-state index is 11.5. The Labute approximate surface area is 110 Å². The van der Waals surface area contributed by atoms with E-state index in [-0.39, 0.29) is 13.2 Å². The van der Waals surface area contributed by atoms with Gasteiger partial charge in [0.2, 0.25) is 0 Å². The van der Waals surface area contributed by atoms with Crippen molar-refractivity contribution in [3.8, 4) is 0 Å². The van der Waals surface area contributed by atoms with Gasteiger partial charge in [-0.05, 0) is 5.56 Å².